The van der Waals surface area contributed by atoms with Crippen LogP contribution in [0.25, 0.3) is 5.57 Å². The molecule has 0 radical (unpaired) electrons. The number of hydrogen-bond acceptors (Lipinski definition) is 2. The molecule has 0 bridgehead atoms. The number of rotatable bonds is 3. The molecule has 28 heavy (non-hydrogen) atoms. The fourth-order valence-electron chi connectivity index (χ4n) is 3.12. The zero-order valence-electron chi connectivity index (χ0n) is 15.8. The molecule has 0 spiro atoms. The van der Waals surface area contributed by atoms with E-state index in [2.05, 4.69) is 0 Å². The third-order valence-corrected chi connectivity index (χ3v) is 4.89. The first-order valence-corrected chi connectivity index (χ1v) is 9.18. The first-order valence-electron chi connectivity index (χ1n) is 9.18. The minimum absolute atomic E-state index is 0. The molecule has 1 aliphatic heterocycles. The van der Waals surface area contributed by atoms with E-state index in [-0.39, 0.29) is 48.0 Å². The van der Waals surface area contributed by atoms with Gasteiger partial charge in [0.25, 0.3) is 0 Å². The van der Waals surface area contributed by atoms with Gasteiger partial charge in [-0.05, 0) is 54.6 Å². The van der Waals surface area contributed by atoms with Gasteiger partial charge in [-0.3, -0.25) is 4.79 Å². The van der Waals surface area contributed by atoms with Gasteiger partial charge in [0.2, 0.25) is 5.91 Å². The van der Waals surface area contributed by atoms with Crippen LogP contribution in [0.15, 0.2) is 54.6 Å². The van der Waals surface area contributed by atoms with E-state index in [0.29, 0.717) is 5.57 Å². The monoisotopic (exact) mass is 498 g/mol. The molecule has 2 aromatic carbocycles. The molecule has 3 nitrogen and oxygen atoms in total. The van der Waals surface area contributed by atoms with Crippen LogP contribution < -0.4 is 5.73 Å². The quantitative estimate of drug-likeness (QED) is 0.611. The number of hydrogen-bond donors (Lipinski definition) is 1. The predicted molar refractivity (Wildman–Crippen MR) is 118 cm³/mol. The molecular formula is C22H25F2IN2O. The highest BCUT2D eigenvalue weighted by Gasteiger charge is 2.29. The average Bonchev–Trinajstić information content (AvgIpc) is 3.41. The molecular weight excluding hydrogens is 473 g/mol. The summed E-state index contributed by atoms with van der Waals surface area (Å²) in [6, 6.07) is 12.6. The van der Waals surface area contributed by atoms with E-state index in [4.69, 9.17) is 5.73 Å². The lowest BCUT2D eigenvalue weighted by Gasteiger charge is -2.23. The molecule has 2 N–H and O–H groups in total. The van der Waals surface area contributed by atoms with Crippen LogP contribution in [0.3, 0.4) is 0 Å². The molecule has 1 heterocycles. The van der Waals surface area contributed by atoms with Crippen molar-refractivity contribution >= 4 is 35.5 Å². The number of carbonyl (C=O) groups excluding carboxylic acids is 1. The van der Waals surface area contributed by atoms with Crippen LogP contribution in [0.4, 0.5) is 8.78 Å². The molecule has 2 aliphatic rings. The summed E-state index contributed by atoms with van der Waals surface area (Å²) >= 11 is 0. The number of amides is 1. The van der Waals surface area contributed by atoms with Crippen molar-refractivity contribution in [1.29, 1.82) is 0 Å². The van der Waals surface area contributed by atoms with Crippen molar-refractivity contribution in [2.45, 2.75) is 25.8 Å². The number of benzene rings is 2. The summed E-state index contributed by atoms with van der Waals surface area (Å²) in [6.07, 6.45) is 4.60. The summed E-state index contributed by atoms with van der Waals surface area (Å²) < 4.78 is 27.4. The smallest absolute Gasteiger partial charge is 0.220 e. The number of halogens is 3. The van der Waals surface area contributed by atoms with Gasteiger partial charge in [0, 0.05) is 19.0 Å². The predicted octanol–water partition coefficient (Wildman–Crippen LogP) is 4.92. The Morgan fingerprint density at radius 1 is 1.14 bits per heavy atom. The molecule has 0 saturated heterocycles. The second-order valence-corrected chi connectivity index (χ2v) is 7.00. The summed E-state index contributed by atoms with van der Waals surface area (Å²) in [5.74, 6) is -0.161. The molecule has 1 amide bonds. The van der Waals surface area contributed by atoms with Crippen molar-refractivity contribution in [3.63, 3.8) is 0 Å². The van der Waals surface area contributed by atoms with Gasteiger partial charge < -0.3 is 10.6 Å². The van der Waals surface area contributed by atoms with E-state index in [1.807, 2.05) is 36.4 Å². The Bertz CT molecular complexity index is 838. The van der Waals surface area contributed by atoms with Crippen molar-refractivity contribution in [3.8, 4) is 0 Å². The lowest BCUT2D eigenvalue weighted by Crippen LogP contribution is -2.29. The Morgan fingerprint density at radius 3 is 2.36 bits per heavy atom. The van der Waals surface area contributed by atoms with Crippen molar-refractivity contribution in [1.82, 2.24) is 4.90 Å². The molecule has 1 fully saturated rings. The van der Waals surface area contributed by atoms with Gasteiger partial charge in [-0.1, -0.05) is 36.4 Å². The van der Waals surface area contributed by atoms with Crippen LogP contribution >= 0.6 is 24.0 Å². The number of carbonyl (C=O) groups is 1. The fourth-order valence-corrected chi connectivity index (χ4v) is 3.12. The van der Waals surface area contributed by atoms with E-state index >= 15 is 0 Å². The fraction of sp³-hybridized carbons (Fsp3) is 0.318. The topological polar surface area (TPSA) is 46.3 Å². The maximum atomic E-state index is 14.0. The van der Waals surface area contributed by atoms with Gasteiger partial charge in [-0.25, -0.2) is 8.78 Å². The largest absolute Gasteiger partial charge is 0.330 e. The molecule has 2 aromatic rings. The van der Waals surface area contributed by atoms with Gasteiger partial charge in [0.1, 0.15) is 11.6 Å². The minimum atomic E-state index is -0.491. The van der Waals surface area contributed by atoms with Crippen molar-refractivity contribution < 1.29 is 13.6 Å². The SMILES string of the molecule is CC(=O)N1CC(c2cc(F)ccc2F)=C[C@H]1c1ccccc1.I.NCC1CC1. The minimum Gasteiger partial charge on any atom is -0.330 e. The van der Waals surface area contributed by atoms with Crippen LogP contribution in [0, 0.1) is 17.6 Å². The summed E-state index contributed by atoms with van der Waals surface area (Å²) in [4.78, 5) is 13.5. The molecule has 0 unspecified atom stereocenters. The van der Waals surface area contributed by atoms with E-state index < -0.39 is 11.6 Å². The van der Waals surface area contributed by atoms with Crippen molar-refractivity contribution in [3.05, 3.63) is 77.4 Å². The van der Waals surface area contributed by atoms with E-state index in [1.165, 1.54) is 25.8 Å². The third-order valence-electron chi connectivity index (χ3n) is 4.89. The number of nitrogens with two attached hydrogens (primary N) is 1. The zero-order valence-corrected chi connectivity index (χ0v) is 18.1. The first-order chi connectivity index (χ1) is 13.0. The van der Waals surface area contributed by atoms with E-state index in [0.717, 1.165) is 30.2 Å². The molecule has 1 saturated carbocycles. The second-order valence-electron chi connectivity index (χ2n) is 7.00. The Morgan fingerprint density at radius 2 is 1.82 bits per heavy atom. The van der Waals surface area contributed by atoms with Crippen LogP contribution in [0.1, 0.15) is 36.9 Å². The standard InChI is InChI=1S/C18H15F2NO.C4H9N.HI/c1-12(22)21-11-14(16-10-15(19)7-8-17(16)20)9-18(21)13-5-3-2-4-6-13;5-3-4-1-2-4;/h2-10,18H,11H2,1H3;4H,1-3,5H2;1H/t18-;;/m0../s1. The van der Waals surface area contributed by atoms with E-state index in [9.17, 15) is 13.6 Å². The van der Waals surface area contributed by atoms with Gasteiger partial charge in [0.15, 0.2) is 0 Å². The molecule has 6 heteroatoms. The van der Waals surface area contributed by atoms with Crippen LogP contribution in [-0.2, 0) is 4.79 Å². The maximum absolute atomic E-state index is 14.0. The Hall–Kier alpha value is -1.80. The third kappa shape index (κ3) is 5.61. The highest BCUT2D eigenvalue weighted by molar-refractivity contribution is 14.0. The Kier molecular flexibility index (Phi) is 8.12. The lowest BCUT2D eigenvalue weighted by molar-refractivity contribution is -0.129. The van der Waals surface area contributed by atoms with E-state index in [1.54, 1.807) is 4.90 Å². The number of nitrogens with zero attached hydrogens (tertiary/aromatic N) is 1. The molecule has 1 atom stereocenters. The molecule has 1 aliphatic carbocycles. The van der Waals surface area contributed by atoms with Gasteiger partial charge >= 0.3 is 0 Å². The Balaban J connectivity index is 0.000000408. The summed E-state index contributed by atoms with van der Waals surface area (Å²) in [6.45, 7) is 2.67. The van der Waals surface area contributed by atoms with Gasteiger partial charge in [-0.2, -0.15) is 0 Å². The van der Waals surface area contributed by atoms with Crippen LogP contribution in [-0.4, -0.2) is 23.9 Å². The zero-order chi connectivity index (χ0) is 19.4. The Labute approximate surface area is 181 Å². The van der Waals surface area contributed by atoms with Crippen LogP contribution in [0.5, 0.6) is 0 Å². The lowest BCUT2D eigenvalue weighted by atomic mass is 10.0. The van der Waals surface area contributed by atoms with Gasteiger partial charge in [-0.15, -0.1) is 24.0 Å². The highest BCUT2D eigenvalue weighted by atomic mass is 127. The highest BCUT2D eigenvalue weighted by Crippen LogP contribution is 2.35. The van der Waals surface area contributed by atoms with Crippen molar-refractivity contribution in [2.75, 3.05) is 13.1 Å². The summed E-state index contributed by atoms with van der Waals surface area (Å²) in [5.41, 5.74) is 7.02. The normalized spacial score (nSPS) is 17.9. The maximum Gasteiger partial charge on any atom is 0.220 e. The van der Waals surface area contributed by atoms with Crippen molar-refractivity contribution in [2.24, 2.45) is 11.7 Å². The molecule has 150 valence electrons. The first kappa shape index (κ1) is 22.5. The summed E-state index contributed by atoms with van der Waals surface area (Å²) in [7, 11) is 0. The van der Waals surface area contributed by atoms with Gasteiger partial charge in [0.05, 0.1) is 6.04 Å². The molecule has 4 rings (SSSR count). The summed E-state index contributed by atoms with van der Waals surface area (Å²) in [5, 5.41) is 0. The van der Waals surface area contributed by atoms with Crippen LogP contribution in [0.2, 0.25) is 0 Å². The molecule has 0 aromatic heterocycles. The second kappa shape index (κ2) is 10.1. The average molecular weight is 498 g/mol.